The molecule has 0 aliphatic carbocycles. The Morgan fingerprint density at radius 2 is 1.75 bits per heavy atom. The highest BCUT2D eigenvalue weighted by Crippen LogP contribution is 2.24. The lowest BCUT2D eigenvalue weighted by atomic mass is 10.1. The summed E-state index contributed by atoms with van der Waals surface area (Å²) >= 11 is 0. The molecule has 0 fully saturated rings. The van der Waals surface area contributed by atoms with Crippen LogP contribution in [0, 0.1) is 0 Å². The largest absolute Gasteiger partial charge is 0.467 e. The van der Waals surface area contributed by atoms with Crippen LogP contribution in [-0.2, 0) is 20.9 Å². The van der Waals surface area contributed by atoms with Gasteiger partial charge in [-0.2, -0.15) is 5.10 Å². The minimum absolute atomic E-state index is 0.234. The van der Waals surface area contributed by atoms with Crippen molar-refractivity contribution in [2.75, 3.05) is 6.61 Å². The lowest BCUT2D eigenvalue weighted by molar-refractivity contribution is -0.143. The van der Waals surface area contributed by atoms with Gasteiger partial charge in [0.2, 0.25) is 0 Å². The molecule has 0 radical (unpaired) electrons. The number of nitrogens with one attached hydrogen (secondary N) is 1. The van der Waals surface area contributed by atoms with Gasteiger partial charge in [-0.1, -0.05) is 48.5 Å². The quantitative estimate of drug-likeness (QED) is 0.339. The topological polar surface area (TPSA) is 86.4 Å². The Hall–Kier alpha value is -4.39. The number of nitrogens with zero attached hydrogens (tertiary/aromatic N) is 2. The second kappa shape index (κ2) is 10.1. The molecule has 0 atom stereocenters. The molecule has 4 rings (SSSR count). The highest BCUT2D eigenvalue weighted by molar-refractivity contribution is 5.90. The van der Waals surface area contributed by atoms with Crippen molar-refractivity contribution < 1.29 is 18.7 Å². The van der Waals surface area contributed by atoms with Gasteiger partial charge >= 0.3 is 5.97 Å². The molecule has 160 valence electrons. The van der Waals surface area contributed by atoms with Crippen LogP contribution in [0.25, 0.3) is 23.0 Å². The smallest absolute Gasteiger partial charge is 0.331 e. The van der Waals surface area contributed by atoms with E-state index in [0.29, 0.717) is 5.76 Å². The van der Waals surface area contributed by atoms with Crippen LogP contribution in [0.15, 0.2) is 95.7 Å². The summed E-state index contributed by atoms with van der Waals surface area (Å²) in [5.74, 6) is -0.414. The summed E-state index contributed by atoms with van der Waals surface area (Å²) in [5.41, 5.74) is 3.31. The van der Waals surface area contributed by atoms with Crippen molar-refractivity contribution in [2.24, 2.45) is 0 Å². The average molecular weight is 427 g/mol. The number of ether oxygens (including phenoxy) is 1. The van der Waals surface area contributed by atoms with Gasteiger partial charge in [0.1, 0.15) is 5.76 Å². The molecular weight excluding hydrogens is 406 g/mol. The van der Waals surface area contributed by atoms with Crippen molar-refractivity contribution in [1.82, 2.24) is 15.1 Å². The van der Waals surface area contributed by atoms with E-state index in [2.05, 4.69) is 5.32 Å². The normalized spacial score (nSPS) is 10.9. The van der Waals surface area contributed by atoms with E-state index in [1.165, 1.54) is 12.3 Å². The summed E-state index contributed by atoms with van der Waals surface area (Å²) in [7, 11) is 0. The van der Waals surface area contributed by atoms with Crippen molar-refractivity contribution in [1.29, 1.82) is 0 Å². The first kappa shape index (κ1) is 20.9. The number of carbonyl (C=O) groups excluding carboxylic acids is 2. The van der Waals surface area contributed by atoms with Crippen molar-refractivity contribution in [3.8, 4) is 16.9 Å². The van der Waals surface area contributed by atoms with Crippen LogP contribution in [0.5, 0.6) is 0 Å². The summed E-state index contributed by atoms with van der Waals surface area (Å²) < 4.78 is 11.9. The zero-order chi connectivity index (χ0) is 22.2. The van der Waals surface area contributed by atoms with Crippen molar-refractivity contribution in [3.63, 3.8) is 0 Å². The second-order valence-electron chi connectivity index (χ2n) is 6.88. The first-order valence-corrected chi connectivity index (χ1v) is 10.0. The van der Waals surface area contributed by atoms with E-state index in [0.717, 1.165) is 22.5 Å². The molecule has 32 heavy (non-hydrogen) atoms. The number of hydrogen-bond donors (Lipinski definition) is 1. The third-order valence-corrected chi connectivity index (χ3v) is 4.59. The molecule has 1 amide bonds. The number of furan rings is 1. The van der Waals surface area contributed by atoms with Crippen molar-refractivity contribution in [3.05, 3.63) is 103 Å². The minimum Gasteiger partial charge on any atom is -0.467 e. The summed E-state index contributed by atoms with van der Waals surface area (Å²) in [5, 5.41) is 7.31. The van der Waals surface area contributed by atoms with Gasteiger partial charge in [0.25, 0.3) is 5.91 Å². The van der Waals surface area contributed by atoms with Gasteiger partial charge in [-0.3, -0.25) is 4.79 Å². The number of aromatic nitrogens is 2. The van der Waals surface area contributed by atoms with E-state index < -0.39 is 11.9 Å². The van der Waals surface area contributed by atoms with Gasteiger partial charge in [0.15, 0.2) is 6.61 Å². The molecule has 7 heteroatoms. The van der Waals surface area contributed by atoms with Gasteiger partial charge < -0.3 is 14.5 Å². The molecule has 0 saturated carbocycles. The van der Waals surface area contributed by atoms with Crippen LogP contribution in [-0.4, -0.2) is 28.3 Å². The number of hydrogen-bond acceptors (Lipinski definition) is 5. The number of esters is 1. The van der Waals surface area contributed by atoms with Gasteiger partial charge in [0, 0.05) is 23.4 Å². The Morgan fingerprint density at radius 1 is 1.00 bits per heavy atom. The number of amides is 1. The average Bonchev–Trinajstić information content (AvgIpc) is 3.51. The van der Waals surface area contributed by atoms with Crippen LogP contribution in [0.1, 0.15) is 11.3 Å². The van der Waals surface area contributed by atoms with Crippen LogP contribution in [0.3, 0.4) is 0 Å². The standard InChI is InChI=1S/C25H21N3O4/c29-23(26-16-22-12-7-15-31-22)18-32-24(30)14-13-20-17-28(21-10-5-2-6-11-21)27-25(20)19-8-3-1-4-9-19/h1-15,17H,16,18H2,(H,26,29). The highest BCUT2D eigenvalue weighted by atomic mass is 16.5. The second-order valence-corrected chi connectivity index (χ2v) is 6.88. The third kappa shape index (κ3) is 5.40. The highest BCUT2D eigenvalue weighted by Gasteiger charge is 2.11. The van der Waals surface area contributed by atoms with Gasteiger partial charge in [-0.25, -0.2) is 9.48 Å². The predicted molar refractivity (Wildman–Crippen MR) is 120 cm³/mol. The minimum atomic E-state index is -0.621. The van der Waals surface area contributed by atoms with E-state index in [4.69, 9.17) is 14.3 Å². The van der Waals surface area contributed by atoms with Crippen LogP contribution in [0.2, 0.25) is 0 Å². The van der Waals surface area contributed by atoms with Crippen LogP contribution in [0.4, 0.5) is 0 Å². The zero-order valence-electron chi connectivity index (χ0n) is 17.2. The third-order valence-electron chi connectivity index (χ3n) is 4.59. The summed E-state index contributed by atoms with van der Waals surface area (Å²) in [6.07, 6.45) is 6.30. The maximum Gasteiger partial charge on any atom is 0.331 e. The van der Waals surface area contributed by atoms with E-state index in [1.807, 2.05) is 66.9 Å². The zero-order valence-corrected chi connectivity index (χ0v) is 17.2. The number of benzene rings is 2. The van der Waals surface area contributed by atoms with Crippen LogP contribution < -0.4 is 5.32 Å². The molecule has 0 unspecified atom stereocenters. The van der Waals surface area contributed by atoms with E-state index in [1.54, 1.807) is 22.9 Å². The molecule has 2 aromatic carbocycles. The fourth-order valence-electron chi connectivity index (χ4n) is 3.04. The van der Waals surface area contributed by atoms with Crippen LogP contribution >= 0.6 is 0 Å². The molecule has 0 bridgehead atoms. The Balaban J connectivity index is 1.43. The molecule has 2 heterocycles. The SMILES string of the molecule is O=C(COC(=O)C=Cc1cn(-c2ccccc2)nc1-c1ccccc1)NCc1ccco1. The Morgan fingerprint density at radius 3 is 2.47 bits per heavy atom. The first-order chi connectivity index (χ1) is 15.7. The first-order valence-electron chi connectivity index (χ1n) is 10.0. The summed E-state index contributed by atoms with van der Waals surface area (Å²) in [6, 6.07) is 22.9. The van der Waals surface area contributed by atoms with E-state index in [-0.39, 0.29) is 13.2 Å². The monoisotopic (exact) mass is 427 g/mol. The Labute approximate surface area is 184 Å². The molecule has 0 aliphatic rings. The Bertz CT molecular complexity index is 1200. The number of carbonyl (C=O) groups is 2. The summed E-state index contributed by atoms with van der Waals surface area (Å²) in [4.78, 5) is 24.0. The summed E-state index contributed by atoms with van der Waals surface area (Å²) in [6.45, 7) is -0.142. The van der Waals surface area contributed by atoms with Gasteiger partial charge in [0.05, 0.1) is 24.2 Å². The van der Waals surface area contributed by atoms with Gasteiger partial charge in [-0.05, 0) is 30.3 Å². The molecule has 7 nitrogen and oxygen atoms in total. The molecule has 0 aliphatic heterocycles. The predicted octanol–water partition coefficient (Wildman–Crippen LogP) is 4.01. The Kier molecular flexibility index (Phi) is 6.57. The lowest BCUT2D eigenvalue weighted by Crippen LogP contribution is -2.27. The molecule has 4 aromatic rings. The molecule has 2 aromatic heterocycles. The van der Waals surface area contributed by atoms with E-state index >= 15 is 0 Å². The molecular formula is C25H21N3O4. The molecule has 0 saturated heterocycles. The van der Waals surface area contributed by atoms with E-state index in [9.17, 15) is 9.59 Å². The van der Waals surface area contributed by atoms with Gasteiger partial charge in [-0.15, -0.1) is 0 Å². The number of rotatable bonds is 8. The fourth-order valence-corrected chi connectivity index (χ4v) is 3.04. The lowest BCUT2D eigenvalue weighted by Gasteiger charge is -2.03. The molecule has 0 spiro atoms. The van der Waals surface area contributed by atoms with Crippen molar-refractivity contribution in [2.45, 2.75) is 6.54 Å². The maximum atomic E-state index is 12.1. The van der Waals surface area contributed by atoms with Crippen molar-refractivity contribution >= 4 is 18.0 Å². The maximum absolute atomic E-state index is 12.1. The molecule has 1 N–H and O–H groups in total. The number of para-hydroxylation sites is 1. The fraction of sp³-hybridized carbons (Fsp3) is 0.0800.